The van der Waals surface area contributed by atoms with Gasteiger partial charge in [0.2, 0.25) is 0 Å². The van der Waals surface area contributed by atoms with Gasteiger partial charge in [0.1, 0.15) is 5.75 Å². The van der Waals surface area contributed by atoms with Crippen LogP contribution in [0.1, 0.15) is 25.7 Å². The first-order valence-electron chi connectivity index (χ1n) is 6.60. The zero-order valence-electron chi connectivity index (χ0n) is 10.7. The van der Waals surface area contributed by atoms with Gasteiger partial charge in [-0.2, -0.15) is 0 Å². The Morgan fingerprint density at radius 2 is 1.95 bits per heavy atom. The third-order valence-electron chi connectivity index (χ3n) is 3.22. The van der Waals surface area contributed by atoms with Crippen LogP contribution in [-0.4, -0.2) is 26.3 Å². The van der Waals surface area contributed by atoms with Crippen molar-refractivity contribution in [2.45, 2.75) is 31.8 Å². The third kappa shape index (κ3) is 4.46. The molecule has 1 atom stereocenters. The van der Waals surface area contributed by atoms with Gasteiger partial charge in [-0.15, -0.1) is 5.46 Å². The van der Waals surface area contributed by atoms with Crippen LogP contribution in [0.4, 0.5) is 12.9 Å². The average molecular weight is 273 g/mol. The second-order valence-electron chi connectivity index (χ2n) is 4.77. The van der Waals surface area contributed by atoms with E-state index in [2.05, 4.69) is 0 Å². The van der Waals surface area contributed by atoms with E-state index in [1.165, 1.54) is 12.1 Å². The molecule has 1 aliphatic heterocycles. The van der Waals surface area contributed by atoms with E-state index in [4.69, 9.17) is 9.47 Å². The molecule has 1 aromatic carbocycles. The Bertz CT molecular complexity index is 386. The van der Waals surface area contributed by atoms with Crippen LogP contribution in [0.15, 0.2) is 24.3 Å². The molecule has 2 nitrogen and oxygen atoms in total. The maximum atomic E-state index is 12.4. The first kappa shape index (κ1) is 14.2. The van der Waals surface area contributed by atoms with Gasteiger partial charge < -0.3 is 22.4 Å². The Morgan fingerprint density at radius 1 is 1.21 bits per heavy atom. The normalized spacial score (nSPS) is 19.6. The number of rotatable bonds is 6. The minimum Gasteiger partial charge on any atom is -0.494 e. The van der Waals surface area contributed by atoms with E-state index < -0.39 is 12.4 Å². The lowest BCUT2D eigenvalue weighted by Gasteiger charge is -2.15. The predicted octanol–water partition coefficient (Wildman–Crippen LogP) is 3.08. The molecule has 0 saturated carbocycles. The summed E-state index contributed by atoms with van der Waals surface area (Å²) in [6, 6.07) is 4.87. The summed E-state index contributed by atoms with van der Waals surface area (Å²) in [7, 11) is 0. The smallest absolute Gasteiger partial charge is 0.494 e. The Hall–Kier alpha value is -1.17. The summed E-state index contributed by atoms with van der Waals surface area (Å²) < 4.78 is 48.1. The number of hydrogen-bond donors (Lipinski definition) is 0. The molecule has 0 bridgehead atoms. The highest BCUT2D eigenvalue weighted by molar-refractivity contribution is 6.73. The van der Waals surface area contributed by atoms with Gasteiger partial charge in [0.15, 0.2) is 0 Å². The summed E-state index contributed by atoms with van der Waals surface area (Å²) in [5, 5.41) is 0. The van der Waals surface area contributed by atoms with Gasteiger partial charge in [0.25, 0.3) is 0 Å². The van der Waals surface area contributed by atoms with Crippen LogP contribution in [-0.2, 0) is 4.74 Å². The zero-order chi connectivity index (χ0) is 13.7. The fourth-order valence-electron chi connectivity index (χ4n) is 2.16. The second-order valence-corrected chi connectivity index (χ2v) is 4.77. The zero-order valence-corrected chi connectivity index (χ0v) is 10.7. The molecular weight excluding hydrogens is 256 g/mol. The second kappa shape index (κ2) is 6.32. The van der Waals surface area contributed by atoms with Gasteiger partial charge in [-0.25, -0.2) is 0 Å². The summed E-state index contributed by atoms with van der Waals surface area (Å²) in [6.07, 6.45) is 4.35. The highest BCUT2D eigenvalue weighted by atomic mass is 19.4. The van der Waals surface area contributed by atoms with Crippen molar-refractivity contribution in [3.8, 4) is 5.75 Å². The van der Waals surface area contributed by atoms with Gasteiger partial charge in [0.05, 0.1) is 12.7 Å². The van der Waals surface area contributed by atoms with Crippen molar-refractivity contribution in [2.75, 3.05) is 13.2 Å². The van der Waals surface area contributed by atoms with Crippen molar-refractivity contribution in [1.82, 2.24) is 0 Å². The van der Waals surface area contributed by atoms with Crippen molar-refractivity contribution in [1.29, 1.82) is 0 Å². The molecule has 0 radical (unpaired) electrons. The molecule has 6 heteroatoms. The minimum absolute atomic E-state index is 0.332. The Labute approximate surface area is 111 Å². The number of ether oxygens (including phenoxy) is 2. The minimum atomic E-state index is -4.92. The molecule has 1 heterocycles. The molecule has 2 rings (SSSR count). The molecule has 0 aliphatic carbocycles. The average Bonchev–Trinajstić information content (AvgIpc) is 2.87. The molecule has 1 fully saturated rings. The van der Waals surface area contributed by atoms with Crippen LogP contribution >= 0.6 is 0 Å². The molecule has 1 aromatic rings. The summed E-state index contributed by atoms with van der Waals surface area (Å²) in [4.78, 5) is 0. The van der Waals surface area contributed by atoms with Crippen molar-refractivity contribution >= 4 is 12.4 Å². The molecule has 106 valence electrons. The molecule has 0 spiro atoms. The monoisotopic (exact) mass is 273 g/mol. The van der Waals surface area contributed by atoms with E-state index >= 15 is 0 Å². The van der Waals surface area contributed by atoms with E-state index in [0.717, 1.165) is 44.4 Å². The number of benzene rings is 1. The van der Waals surface area contributed by atoms with Crippen LogP contribution in [0.2, 0.25) is 0 Å². The molecule has 0 amide bonds. The quantitative estimate of drug-likeness (QED) is 0.585. The molecule has 0 aromatic heterocycles. The van der Waals surface area contributed by atoms with E-state index in [1.54, 1.807) is 0 Å². The summed E-state index contributed by atoms with van der Waals surface area (Å²) >= 11 is 0. The lowest BCUT2D eigenvalue weighted by molar-refractivity contribution is 0.0981. The van der Waals surface area contributed by atoms with E-state index in [0.29, 0.717) is 18.5 Å². The van der Waals surface area contributed by atoms with Crippen LogP contribution in [0.25, 0.3) is 0 Å². The van der Waals surface area contributed by atoms with Crippen molar-refractivity contribution < 1.29 is 22.4 Å². The predicted molar refractivity (Wildman–Crippen MR) is 68.9 cm³/mol. The molecule has 1 saturated heterocycles. The summed E-state index contributed by atoms with van der Waals surface area (Å²) in [5.74, 6) is 0.483. The number of hydrogen-bond acceptors (Lipinski definition) is 2. The van der Waals surface area contributed by atoms with Crippen LogP contribution in [0, 0.1) is 0 Å². The summed E-state index contributed by atoms with van der Waals surface area (Å²) in [6.45, 7) is -3.57. The SMILES string of the molecule is F[B-](F)(F)c1ccc(OCCCC2CCCO2)cc1. The fourth-order valence-corrected chi connectivity index (χ4v) is 2.16. The van der Waals surface area contributed by atoms with Crippen molar-refractivity contribution in [3.05, 3.63) is 24.3 Å². The van der Waals surface area contributed by atoms with Crippen LogP contribution < -0.4 is 10.2 Å². The maximum Gasteiger partial charge on any atom is 0.509 e. The maximum absolute atomic E-state index is 12.4. The van der Waals surface area contributed by atoms with Gasteiger partial charge in [-0.3, -0.25) is 0 Å². The highest BCUT2D eigenvalue weighted by Crippen LogP contribution is 2.18. The van der Waals surface area contributed by atoms with Crippen LogP contribution in [0.5, 0.6) is 5.75 Å². The van der Waals surface area contributed by atoms with Gasteiger partial charge >= 0.3 is 6.98 Å². The Kier molecular flexibility index (Phi) is 4.74. The number of halogens is 3. The van der Waals surface area contributed by atoms with Gasteiger partial charge in [0, 0.05) is 6.61 Å². The third-order valence-corrected chi connectivity index (χ3v) is 3.22. The lowest BCUT2D eigenvalue weighted by atomic mass is 9.80. The Morgan fingerprint density at radius 3 is 2.53 bits per heavy atom. The molecule has 0 N–H and O–H groups in total. The standard InChI is InChI=1S/C13H17BF3O2/c15-14(16,17)11-5-7-13(8-6-11)19-10-2-4-12-3-1-9-18-12/h5-8,12H,1-4,9-10H2/q-1. The first-order valence-corrected chi connectivity index (χ1v) is 6.60. The highest BCUT2D eigenvalue weighted by Gasteiger charge is 2.24. The van der Waals surface area contributed by atoms with E-state index in [-0.39, 0.29) is 0 Å². The molecule has 19 heavy (non-hydrogen) atoms. The van der Waals surface area contributed by atoms with Gasteiger partial charge in [-0.05, 0) is 37.8 Å². The Balaban J connectivity index is 1.71. The fraction of sp³-hybridized carbons (Fsp3) is 0.538. The van der Waals surface area contributed by atoms with E-state index in [1.807, 2.05) is 0 Å². The lowest BCUT2D eigenvalue weighted by Crippen LogP contribution is -2.33. The largest absolute Gasteiger partial charge is 0.509 e. The van der Waals surface area contributed by atoms with Gasteiger partial charge in [-0.1, -0.05) is 12.1 Å². The van der Waals surface area contributed by atoms with Crippen molar-refractivity contribution in [2.24, 2.45) is 0 Å². The first-order chi connectivity index (χ1) is 9.05. The van der Waals surface area contributed by atoms with E-state index in [9.17, 15) is 12.9 Å². The van der Waals surface area contributed by atoms with Crippen molar-refractivity contribution in [3.63, 3.8) is 0 Å². The topological polar surface area (TPSA) is 18.5 Å². The molecule has 1 unspecified atom stereocenters. The molecular formula is C13H17BF3O2-. The molecule has 1 aliphatic rings. The van der Waals surface area contributed by atoms with Crippen LogP contribution in [0.3, 0.4) is 0 Å². The summed E-state index contributed by atoms with van der Waals surface area (Å²) in [5.41, 5.74) is -0.591.